The molecule has 2 heterocycles. The Morgan fingerprint density at radius 1 is 1.44 bits per heavy atom. The normalized spacial score (nSPS) is 12.3. The van der Waals surface area contributed by atoms with Crippen molar-refractivity contribution >= 4 is 11.5 Å². The largest absolute Gasteiger partial charge is 0.378 e. The molecule has 0 aliphatic rings. The monoisotopic (exact) mass is 248 g/mol. The Hall–Kier alpha value is -2.51. The number of rotatable bonds is 3. The number of nitrogens with two attached hydrogens (primary N) is 1. The minimum Gasteiger partial charge on any atom is -0.378 e. The van der Waals surface area contributed by atoms with Crippen LogP contribution in [0.5, 0.6) is 0 Å². The third-order valence-electron chi connectivity index (χ3n) is 2.69. The van der Waals surface area contributed by atoms with Gasteiger partial charge in [0.1, 0.15) is 6.20 Å². The van der Waals surface area contributed by atoms with Crippen molar-refractivity contribution in [1.82, 2.24) is 19.7 Å². The minimum atomic E-state index is -0.560. The summed E-state index contributed by atoms with van der Waals surface area (Å²) in [4.78, 5) is 18.5. The van der Waals surface area contributed by atoms with Crippen LogP contribution in [0.1, 0.15) is 24.4 Å². The van der Waals surface area contributed by atoms with E-state index in [4.69, 9.17) is 5.73 Å². The summed E-state index contributed by atoms with van der Waals surface area (Å²) in [5, 5.41) is 14.6. The summed E-state index contributed by atoms with van der Waals surface area (Å²) in [6.45, 7) is 3.62. The molecule has 0 radical (unpaired) electrons. The zero-order chi connectivity index (χ0) is 13.3. The number of aromatic nitrogens is 4. The summed E-state index contributed by atoms with van der Waals surface area (Å²) in [5.41, 5.74) is 6.92. The van der Waals surface area contributed by atoms with E-state index in [2.05, 4.69) is 15.1 Å². The van der Waals surface area contributed by atoms with Crippen LogP contribution in [-0.4, -0.2) is 24.7 Å². The van der Waals surface area contributed by atoms with E-state index in [-0.39, 0.29) is 17.5 Å². The van der Waals surface area contributed by atoms with E-state index >= 15 is 0 Å². The molecule has 2 aromatic heterocycles. The minimum absolute atomic E-state index is 0.0116. The van der Waals surface area contributed by atoms with Gasteiger partial charge in [-0.05, 0) is 13.8 Å². The summed E-state index contributed by atoms with van der Waals surface area (Å²) in [6.07, 6.45) is 4.28. The summed E-state index contributed by atoms with van der Waals surface area (Å²) in [5.74, 6) is 0.0116. The molecule has 0 saturated heterocycles. The van der Waals surface area contributed by atoms with Gasteiger partial charge in [-0.15, -0.1) is 0 Å². The molecule has 8 nitrogen and oxygen atoms in total. The van der Waals surface area contributed by atoms with Crippen molar-refractivity contribution in [3.8, 4) is 0 Å². The third-order valence-corrected chi connectivity index (χ3v) is 2.69. The lowest BCUT2D eigenvalue weighted by Crippen LogP contribution is -2.14. The van der Waals surface area contributed by atoms with E-state index in [1.807, 2.05) is 13.8 Å². The first kappa shape index (κ1) is 12.0. The van der Waals surface area contributed by atoms with E-state index in [0.29, 0.717) is 5.69 Å². The maximum atomic E-state index is 10.7. The molecule has 0 amide bonds. The molecule has 94 valence electrons. The fourth-order valence-electron chi connectivity index (χ4n) is 1.76. The fourth-order valence-corrected chi connectivity index (χ4v) is 1.76. The van der Waals surface area contributed by atoms with E-state index in [9.17, 15) is 10.1 Å². The Kier molecular flexibility index (Phi) is 2.92. The van der Waals surface area contributed by atoms with Crippen molar-refractivity contribution < 1.29 is 4.92 Å². The molecule has 8 heteroatoms. The van der Waals surface area contributed by atoms with E-state index < -0.39 is 4.92 Å². The van der Waals surface area contributed by atoms with Gasteiger partial charge in [0.2, 0.25) is 5.82 Å². The molecule has 2 N–H and O–H groups in total. The van der Waals surface area contributed by atoms with Crippen LogP contribution in [0.15, 0.2) is 18.6 Å². The SMILES string of the molecule is Cc1nccnc1C(C)n1ncc([N+](=O)[O-])c1N. The van der Waals surface area contributed by atoms with Gasteiger partial charge in [-0.25, -0.2) is 4.68 Å². The number of aryl methyl sites for hydroxylation is 1. The van der Waals surface area contributed by atoms with Crippen molar-refractivity contribution in [3.05, 3.63) is 40.1 Å². The maximum Gasteiger partial charge on any atom is 0.330 e. The van der Waals surface area contributed by atoms with Gasteiger partial charge in [-0.3, -0.25) is 20.1 Å². The number of hydrogen-bond acceptors (Lipinski definition) is 6. The Morgan fingerprint density at radius 3 is 2.67 bits per heavy atom. The molecule has 0 fully saturated rings. The van der Waals surface area contributed by atoms with Crippen molar-refractivity contribution in [2.24, 2.45) is 0 Å². The molecule has 0 aromatic carbocycles. The second-order valence-corrected chi connectivity index (χ2v) is 3.82. The van der Waals surface area contributed by atoms with Crippen LogP contribution in [0.3, 0.4) is 0 Å². The molecule has 0 saturated carbocycles. The van der Waals surface area contributed by atoms with Gasteiger partial charge < -0.3 is 5.73 Å². The number of nitrogens with zero attached hydrogens (tertiary/aromatic N) is 5. The first-order valence-electron chi connectivity index (χ1n) is 5.27. The van der Waals surface area contributed by atoms with Crippen molar-refractivity contribution in [3.63, 3.8) is 0 Å². The highest BCUT2D eigenvalue weighted by molar-refractivity contribution is 5.51. The van der Waals surface area contributed by atoms with Gasteiger partial charge in [0, 0.05) is 12.4 Å². The molecule has 2 aromatic rings. The summed E-state index contributed by atoms with van der Waals surface area (Å²) in [7, 11) is 0. The summed E-state index contributed by atoms with van der Waals surface area (Å²) >= 11 is 0. The highest BCUT2D eigenvalue weighted by Crippen LogP contribution is 2.26. The van der Waals surface area contributed by atoms with Crippen molar-refractivity contribution in [2.45, 2.75) is 19.9 Å². The quantitative estimate of drug-likeness (QED) is 0.642. The van der Waals surface area contributed by atoms with Crippen LogP contribution >= 0.6 is 0 Å². The van der Waals surface area contributed by atoms with Crippen LogP contribution in [-0.2, 0) is 0 Å². The van der Waals surface area contributed by atoms with Gasteiger partial charge >= 0.3 is 5.69 Å². The molecule has 0 aliphatic carbocycles. The molecule has 0 aliphatic heterocycles. The van der Waals surface area contributed by atoms with Crippen LogP contribution in [0.2, 0.25) is 0 Å². The highest BCUT2D eigenvalue weighted by Gasteiger charge is 2.23. The van der Waals surface area contributed by atoms with Gasteiger partial charge in [0.05, 0.1) is 22.4 Å². The molecular formula is C10H12N6O2. The molecular weight excluding hydrogens is 236 g/mol. The molecule has 0 spiro atoms. The molecule has 0 bridgehead atoms. The highest BCUT2D eigenvalue weighted by atomic mass is 16.6. The molecule has 2 rings (SSSR count). The van der Waals surface area contributed by atoms with Gasteiger partial charge in [0.25, 0.3) is 0 Å². The molecule has 1 unspecified atom stereocenters. The van der Waals surface area contributed by atoms with E-state index in [1.54, 1.807) is 12.4 Å². The number of nitrogen functional groups attached to an aromatic ring is 1. The topological polar surface area (TPSA) is 113 Å². The van der Waals surface area contributed by atoms with Crippen LogP contribution in [0.4, 0.5) is 11.5 Å². The van der Waals surface area contributed by atoms with Crippen LogP contribution < -0.4 is 5.73 Å². The third kappa shape index (κ3) is 1.88. The first-order chi connectivity index (χ1) is 8.52. The van der Waals surface area contributed by atoms with Gasteiger partial charge in [0.15, 0.2) is 0 Å². The Bertz CT molecular complexity index is 594. The second-order valence-electron chi connectivity index (χ2n) is 3.82. The Balaban J connectivity index is 2.44. The molecule has 1 atom stereocenters. The Morgan fingerprint density at radius 2 is 2.11 bits per heavy atom. The average molecular weight is 248 g/mol. The Labute approximate surface area is 103 Å². The standard InChI is InChI=1S/C10H12N6O2/c1-6-9(13-4-3-12-6)7(2)15-10(11)8(5-14-15)16(17)18/h3-5,7H,11H2,1-2H3. The van der Waals surface area contributed by atoms with Crippen molar-refractivity contribution in [1.29, 1.82) is 0 Å². The first-order valence-corrected chi connectivity index (χ1v) is 5.27. The van der Waals surface area contributed by atoms with Crippen LogP contribution in [0, 0.1) is 17.0 Å². The summed E-state index contributed by atoms with van der Waals surface area (Å²) in [6, 6.07) is -0.313. The lowest BCUT2D eigenvalue weighted by atomic mass is 10.2. The van der Waals surface area contributed by atoms with E-state index in [1.165, 1.54) is 4.68 Å². The summed E-state index contributed by atoms with van der Waals surface area (Å²) < 4.78 is 1.37. The zero-order valence-electron chi connectivity index (χ0n) is 9.94. The lowest BCUT2D eigenvalue weighted by Gasteiger charge is -2.14. The maximum absolute atomic E-state index is 10.7. The fraction of sp³-hybridized carbons (Fsp3) is 0.300. The predicted octanol–water partition coefficient (Wildman–Crippen LogP) is 1.08. The second kappa shape index (κ2) is 4.40. The lowest BCUT2D eigenvalue weighted by molar-refractivity contribution is -0.384. The average Bonchev–Trinajstić information content (AvgIpc) is 2.71. The number of nitro groups is 1. The van der Waals surface area contributed by atoms with Gasteiger partial charge in [-0.2, -0.15) is 5.10 Å². The smallest absolute Gasteiger partial charge is 0.330 e. The van der Waals surface area contributed by atoms with Crippen molar-refractivity contribution in [2.75, 3.05) is 5.73 Å². The van der Waals surface area contributed by atoms with Gasteiger partial charge in [-0.1, -0.05) is 0 Å². The zero-order valence-corrected chi connectivity index (χ0v) is 9.94. The predicted molar refractivity (Wildman–Crippen MR) is 63.9 cm³/mol. The van der Waals surface area contributed by atoms with Crippen LogP contribution in [0.25, 0.3) is 0 Å². The molecule has 18 heavy (non-hydrogen) atoms. The number of anilines is 1. The number of hydrogen-bond donors (Lipinski definition) is 1. The van der Waals surface area contributed by atoms with E-state index in [0.717, 1.165) is 11.9 Å².